The zero-order valence-electron chi connectivity index (χ0n) is 10.5. The van der Waals surface area contributed by atoms with Crippen LogP contribution in [0, 0.1) is 0 Å². The Labute approximate surface area is 112 Å². The van der Waals surface area contributed by atoms with Crippen LogP contribution >= 0.6 is 0 Å². The molecule has 0 amide bonds. The van der Waals surface area contributed by atoms with Crippen molar-refractivity contribution in [3.63, 3.8) is 0 Å². The molecule has 0 aliphatic heterocycles. The normalized spacial score (nSPS) is 10.8. The zero-order valence-corrected chi connectivity index (χ0v) is 11.3. The highest BCUT2D eigenvalue weighted by molar-refractivity contribution is 7.89. The predicted molar refractivity (Wildman–Crippen MR) is 69.3 cm³/mol. The largest absolute Gasteiger partial charge is 0.497 e. The molecule has 1 aromatic carbocycles. The lowest BCUT2D eigenvalue weighted by molar-refractivity contribution is -0.137. The van der Waals surface area contributed by atoms with Crippen LogP contribution in [-0.2, 0) is 19.6 Å². The van der Waals surface area contributed by atoms with Crippen LogP contribution < -0.4 is 9.46 Å². The van der Waals surface area contributed by atoms with Gasteiger partial charge in [0.1, 0.15) is 12.4 Å². The SMILES string of the molecule is C=CC(=O)OCCNS(=O)(=O)c1ccc(OC)cc1. The van der Waals surface area contributed by atoms with Crippen molar-refractivity contribution in [2.24, 2.45) is 0 Å². The first-order valence-electron chi connectivity index (χ1n) is 5.42. The number of ether oxygens (including phenoxy) is 2. The third kappa shape index (κ3) is 4.72. The lowest BCUT2D eigenvalue weighted by Crippen LogP contribution is -2.28. The Bertz CT molecular complexity index is 536. The van der Waals surface area contributed by atoms with Gasteiger partial charge in [0.05, 0.1) is 12.0 Å². The van der Waals surface area contributed by atoms with Crippen molar-refractivity contribution < 1.29 is 22.7 Å². The summed E-state index contributed by atoms with van der Waals surface area (Å²) in [6.45, 7) is 3.17. The van der Waals surface area contributed by atoms with E-state index in [1.165, 1.54) is 19.2 Å². The molecule has 0 aliphatic carbocycles. The van der Waals surface area contributed by atoms with Gasteiger partial charge in [-0.05, 0) is 24.3 Å². The molecule has 0 radical (unpaired) electrons. The Kier molecular flexibility index (Phi) is 5.53. The highest BCUT2D eigenvalue weighted by Crippen LogP contribution is 2.14. The van der Waals surface area contributed by atoms with Crippen LogP contribution in [0.3, 0.4) is 0 Å². The summed E-state index contributed by atoms with van der Waals surface area (Å²) in [5.41, 5.74) is 0. The molecule has 19 heavy (non-hydrogen) atoms. The van der Waals surface area contributed by atoms with E-state index in [1.807, 2.05) is 0 Å². The van der Waals surface area contributed by atoms with Crippen LogP contribution in [0.4, 0.5) is 0 Å². The topological polar surface area (TPSA) is 81.7 Å². The fraction of sp³-hybridized carbons (Fsp3) is 0.250. The number of carbonyl (C=O) groups is 1. The van der Waals surface area contributed by atoms with Crippen LogP contribution in [0.15, 0.2) is 41.8 Å². The first-order valence-corrected chi connectivity index (χ1v) is 6.91. The van der Waals surface area contributed by atoms with E-state index in [9.17, 15) is 13.2 Å². The number of methoxy groups -OCH3 is 1. The number of nitrogens with one attached hydrogen (secondary N) is 1. The quantitative estimate of drug-likeness (QED) is 0.453. The molecule has 0 saturated carbocycles. The highest BCUT2D eigenvalue weighted by Gasteiger charge is 2.13. The summed E-state index contributed by atoms with van der Waals surface area (Å²) in [5, 5.41) is 0. The number of benzene rings is 1. The summed E-state index contributed by atoms with van der Waals surface area (Å²) in [7, 11) is -2.12. The third-order valence-electron chi connectivity index (χ3n) is 2.17. The Hall–Kier alpha value is -1.86. The van der Waals surface area contributed by atoms with Gasteiger partial charge in [0.25, 0.3) is 0 Å². The Morgan fingerprint density at radius 1 is 1.37 bits per heavy atom. The minimum atomic E-state index is -3.61. The van der Waals surface area contributed by atoms with E-state index in [0.717, 1.165) is 6.08 Å². The maximum atomic E-state index is 11.8. The molecule has 104 valence electrons. The second-order valence-electron chi connectivity index (χ2n) is 3.44. The van der Waals surface area contributed by atoms with Gasteiger partial charge in [-0.3, -0.25) is 0 Å². The Morgan fingerprint density at radius 2 is 2.00 bits per heavy atom. The monoisotopic (exact) mass is 285 g/mol. The molecule has 0 aromatic heterocycles. The average molecular weight is 285 g/mol. The summed E-state index contributed by atoms with van der Waals surface area (Å²) in [4.78, 5) is 10.9. The summed E-state index contributed by atoms with van der Waals surface area (Å²) < 4.78 is 35.6. The van der Waals surface area contributed by atoms with Gasteiger partial charge in [-0.25, -0.2) is 17.9 Å². The van der Waals surface area contributed by atoms with E-state index in [0.29, 0.717) is 5.75 Å². The summed E-state index contributed by atoms with van der Waals surface area (Å²) in [6.07, 6.45) is 1.01. The second-order valence-corrected chi connectivity index (χ2v) is 5.21. The zero-order chi connectivity index (χ0) is 14.3. The van der Waals surface area contributed by atoms with Crippen molar-refractivity contribution in [1.82, 2.24) is 4.72 Å². The van der Waals surface area contributed by atoms with Gasteiger partial charge in [-0.2, -0.15) is 0 Å². The van der Waals surface area contributed by atoms with E-state index in [1.54, 1.807) is 12.1 Å². The van der Waals surface area contributed by atoms with Gasteiger partial charge >= 0.3 is 5.97 Å². The van der Waals surface area contributed by atoms with Crippen molar-refractivity contribution in [1.29, 1.82) is 0 Å². The molecule has 1 rings (SSSR count). The van der Waals surface area contributed by atoms with E-state index in [4.69, 9.17) is 4.74 Å². The molecule has 1 N–H and O–H groups in total. The molecule has 1 aromatic rings. The highest BCUT2D eigenvalue weighted by atomic mass is 32.2. The van der Waals surface area contributed by atoms with Crippen molar-refractivity contribution in [3.05, 3.63) is 36.9 Å². The third-order valence-corrected chi connectivity index (χ3v) is 3.65. The second kappa shape index (κ2) is 6.91. The number of sulfonamides is 1. The molecule has 0 spiro atoms. The van der Waals surface area contributed by atoms with Gasteiger partial charge < -0.3 is 9.47 Å². The van der Waals surface area contributed by atoms with Crippen molar-refractivity contribution in [2.75, 3.05) is 20.3 Å². The molecule has 0 fully saturated rings. The maximum Gasteiger partial charge on any atom is 0.330 e. The lowest BCUT2D eigenvalue weighted by Gasteiger charge is -2.07. The fourth-order valence-corrected chi connectivity index (χ4v) is 2.24. The van der Waals surface area contributed by atoms with Gasteiger partial charge in [-0.15, -0.1) is 0 Å². The van der Waals surface area contributed by atoms with Crippen molar-refractivity contribution in [3.8, 4) is 5.75 Å². The number of carbonyl (C=O) groups excluding carboxylic acids is 1. The van der Waals surface area contributed by atoms with Crippen LogP contribution in [-0.4, -0.2) is 34.6 Å². The summed E-state index contributed by atoms with van der Waals surface area (Å²) >= 11 is 0. The standard InChI is InChI=1S/C12H15NO5S/c1-3-12(14)18-9-8-13-19(15,16)11-6-4-10(17-2)5-7-11/h3-7,13H,1,8-9H2,2H3. The molecule has 0 unspecified atom stereocenters. The lowest BCUT2D eigenvalue weighted by atomic mass is 10.3. The molecule has 0 bridgehead atoms. The van der Waals surface area contributed by atoms with Gasteiger partial charge in [-0.1, -0.05) is 6.58 Å². The average Bonchev–Trinajstić information content (AvgIpc) is 2.43. The van der Waals surface area contributed by atoms with Gasteiger partial charge in [0.15, 0.2) is 0 Å². The number of hydrogen-bond donors (Lipinski definition) is 1. The number of esters is 1. The molecule has 0 atom stereocenters. The molecular weight excluding hydrogens is 270 g/mol. The van der Waals surface area contributed by atoms with Crippen LogP contribution in [0.5, 0.6) is 5.75 Å². The minimum Gasteiger partial charge on any atom is -0.497 e. The van der Waals surface area contributed by atoms with Crippen molar-refractivity contribution in [2.45, 2.75) is 4.90 Å². The Morgan fingerprint density at radius 3 is 2.53 bits per heavy atom. The summed E-state index contributed by atoms with van der Waals surface area (Å²) in [5.74, 6) is -0.0255. The molecular formula is C12H15NO5S. The Balaban J connectivity index is 2.55. The molecule has 0 aliphatic rings. The van der Waals surface area contributed by atoms with Crippen LogP contribution in [0.1, 0.15) is 0 Å². The van der Waals surface area contributed by atoms with E-state index in [2.05, 4.69) is 16.0 Å². The van der Waals surface area contributed by atoms with Crippen molar-refractivity contribution >= 4 is 16.0 Å². The molecule has 6 nitrogen and oxygen atoms in total. The van der Waals surface area contributed by atoms with Gasteiger partial charge in [0.2, 0.25) is 10.0 Å². The maximum absolute atomic E-state index is 11.8. The van der Waals surface area contributed by atoms with Gasteiger partial charge in [0, 0.05) is 12.6 Å². The molecule has 7 heteroatoms. The van der Waals surface area contributed by atoms with E-state index in [-0.39, 0.29) is 18.0 Å². The van der Waals surface area contributed by atoms with Crippen LogP contribution in [0.2, 0.25) is 0 Å². The van der Waals surface area contributed by atoms with Crippen LogP contribution in [0.25, 0.3) is 0 Å². The number of hydrogen-bond acceptors (Lipinski definition) is 5. The predicted octanol–water partition coefficient (Wildman–Crippen LogP) is 0.703. The minimum absolute atomic E-state index is 0.00601. The summed E-state index contributed by atoms with van der Waals surface area (Å²) in [6, 6.07) is 5.95. The molecule has 0 saturated heterocycles. The van der Waals surface area contributed by atoms with E-state index < -0.39 is 16.0 Å². The first-order chi connectivity index (χ1) is 8.99. The number of rotatable bonds is 7. The first kappa shape index (κ1) is 15.2. The molecule has 0 heterocycles. The fourth-order valence-electron chi connectivity index (χ4n) is 1.22. The smallest absolute Gasteiger partial charge is 0.330 e. The van der Waals surface area contributed by atoms with E-state index >= 15 is 0 Å².